The summed E-state index contributed by atoms with van der Waals surface area (Å²) in [6, 6.07) is 0. The van der Waals surface area contributed by atoms with E-state index < -0.39 is 5.60 Å². The first kappa shape index (κ1) is 8.97. The lowest BCUT2D eigenvalue weighted by molar-refractivity contribution is 0.0605. The van der Waals surface area contributed by atoms with Crippen molar-refractivity contribution in [1.29, 1.82) is 0 Å². The van der Waals surface area contributed by atoms with E-state index >= 15 is 0 Å². The van der Waals surface area contributed by atoms with Crippen LogP contribution < -0.4 is 0 Å². The van der Waals surface area contributed by atoms with Crippen LogP contribution in [0.5, 0.6) is 0 Å². The Bertz CT molecular complexity index is 134. The first-order valence-electron chi connectivity index (χ1n) is 4.12. The molecule has 0 aromatic heterocycles. The van der Waals surface area contributed by atoms with E-state index in [9.17, 15) is 5.11 Å². The molecule has 2 unspecified atom stereocenters. The fourth-order valence-electron chi connectivity index (χ4n) is 1.57. The molecule has 1 rings (SSSR count). The molecule has 0 bridgehead atoms. The van der Waals surface area contributed by atoms with E-state index in [1.807, 2.05) is 6.92 Å². The van der Waals surface area contributed by atoms with Crippen LogP contribution in [0.15, 0.2) is 0 Å². The highest BCUT2D eigenvalue weighted by molar-refractivity contribution is 4.86. The molecule has 2 atom stereocenters. The standard InChI is InChI=1S/C8H17NO2/c1-7(10)5-9-4-3-8(2,11)6-9/h7,10-11H,3-6H2,1-2H3. The minimum Gasteiger partial charge on any atom is -0.392 e. The van der Waals surface area contributed by atoms with Gasteiger partial charge in [-0.15, -0.1) is 0 Å². The molecule has 3 heteroatoms. The van der Waals surface area contributed by atoms with Crippen LogP contribution >= 0.6 is 0 Å². The third kappa shape index (κ3) is 2.77. The van der Waals surface area contributed by atoms with Gasteiger partial charge in [0.05, 0.1) is 11.7 Å². The molecule has 1 aliphatic rings. The molecular weight excluding hydrogens is 142 g/mol. The SMILES string of the molecule is CC(O)CN1CCC(C)(O)C1. The van der Waals surface area contributed by atoms with Gasteiger partial charge < -0.3 is 10.2 Å². The molecule has 1 saturated heterocycles. The van der Waals surface area contributed by atoms with Crippen LogP contribution in [0.3, 0.4) is 0 Å². The Hall–Kier alpha value is -0.120. The van der Waals surface area contributed by atoms with Crippen molar-refractivity contribution >= 4 is 0 Å². The maximum Gasteiger partial charge on any atom is 0.0758 e. The lowest BCUT2D eigenvalue weighted by atomic mass is 10.1. The predicted octanol–water partition coefficient (Wildman–Crippen LogP) is -0.176. The molecule has 0 spiro atoms. The molecule has 0 radical (unpaired) electrons. The van der Waals surface area contributed by atoms with E-state index in [4.69, 9.17) is 5.11 Å². The summed E-state index contributed by atoms with van der Waals surface area (Å²) in [6.07, 6.45) is 0.531. The van der Waals surface area contributed by atoms with Crippen molar-refractivity contribution in [1.82, 2.24) is 4.90 Å². The lowest BCUT2D eigenvalue weighted by Gasteiger charge is -2.19. The smallest absolute Gasteiger partial charge is 0.0758 e. The average molecular weight is 159 g/mol. The molecular formula is C8H17NO2. The minimum absolute atomic E-state index is 0.288. The van der Waals surface area contributed by atoms with Crippen LogP contribution in [-0.2, 0) is 0 Å². The van der Waals surface area contributed by atoms with E-state index in [1.54, 1.807) is 6.92 Å². The Labute approximate surface area is 67.6 Å². The molecule has 1 fully saturated rings. The maximum atomic E-state index is 9.55. The molecule has 0 aliphatic carbocycles. The van der Waals surface area contributed by atoms with E-state index in [0.29, 0.717) is 13.1 Å². The minimum atomic E-state index is -0.533. The summed E-state index contributed by atoms with van der Waals surface area (Å²) in [7, 11) is 0. The van der Waals surface area contributed by atoms with Gasteiger partial charge in [-0.2, -0.15) is 0 Å². The Balaban J connectivity index is 2.31. The Morgan fingerprint density at radius 1 is 1.64 bits per heavy atom. The van der Waals surface area contributed by atoms with Gasteiger partial charge in [0.15, 0.2) is 0 Å². The number of aliphatic hydroxyl groups excluding tert-OH is 1. The highest BCUT2D eigenvalue weighted by Gasteiger charge is 2.31. The number of rotatable bonds is 2. The maximum absolute atomic E-state index is 9.55. The van der Waals surface area contributed by atoms with Crippen molar-refractivity contribution in [2.45, 2.75) is 32.0 Å². The largest absolute Gasteiger partial charge is 0.392 e. The summed E-state index contributed by atoms with van der Waals surface area (Å²) in [4.78, 5) is 2.09. The van der Waals surface area contributed by atoms with Gasteiger partial charge in [-0.1, -0.05) is 0 Å². The summed E-state index contributed by atoms with van der Waals surface area (Å²) < 4.78 is 0. The zero-order chi connectivity index (χ0) is 8.48. The molecule has 0 amide bonds. The monoisotopic (exact) mass is 159 g/mol. The Morgan fingerprint density at radius 3 is 2.64 bits per heavy atom. The van der Waals surface area contributed by atoms with Crippen LogP contribution in [0.2, 0.25) is 0 Å². The van der Waals surface area contributed by atoms with Crippen molar-refractivity contribution in [3.8, 4) is 0 Å². The van der Waals surface area contributed by atoms with Crippen LogP contribution in [-0.4, -0.2) is 46.5 Å². The van der Waals surface area contributed by atoms with E-state index in [0.717, 1.165) is 13.0 Å². The van der Waals surface area contributed by atoms with E-state index in [2.05, 4.69) is 4.90 Å². The molecule has 1 aliphatic heterocycles. The fourth-order valence-corrected chi connectivity index (χ4v) is 1.57. The van der Waals surface area contributed by atoms with Crippen molar-refractivity contribution in [2.24, 2.45) is 0 Å². The van der Waals surface area contributed by atoms with Crippen molar-refractivity contribution in [3.63, 3.8) is 0 Å². The number of aliphatic hydroxyl groups is 2. The van der Waals surface area contributed by atoms with Gasteiger partial charge in [0.25, 0.3) is 0 Å². The Morgan fingerprint density at radius 2 is 2.27 bits per heavy atom. The quantitative estimate of drug-likeness (QED) is 0.587. The van der Waals surface area contributed by atoms with Crippen LogP contribution in [0, 0.1) is 0 Å². The van der Waals surface area contributed by atoms with Crippen LogP contribution in [0.1, 0.15) is 20.3 Å². The summed E-state index contributed by atoms with van der Waals surface area (Å²) in [5.41, 5.74) is -0.533. The summed E-state index contributed by atoms with van der Waals surface area (Å²) in [5.74, 6) is 0. The normalized spacial score (nSPS) is 36.0. The highest BCUT2D eigenvalue weighted by Crippen LogP contribution is 2.19. The molecule has 3 nitrogen and oxygen atoms in total. The summed E-state index contributed by atoms with van der Waals surface area (Å²) in [5, 5.41) is 18.6. The molecule has 2 N–H and O–H groups in total. The van der Waals surface area contributed by atoms with Gasteiger partial charge >= 0.3 is 0 Å². The number of hydrogen-bond acceptors (Lipinski definition) is 3. The van der Waals surface area contributed by atoms with Crippen LogP contribution in [0.25, 0.3) is 0 Å². The number of nitrogens with zero attached hydrogens (tertiary/aromatic N) is 1. The van der Waals surface area contributed by atoms with Gasteiger partial charge in [-0.25, -0.2) is 0 Å². The predicted molar refractivity (Wildman–Crippen MR) is 43.4 cm³/mol. The van der Waals surface area contributed by atoms with Gasteiger partial charge in [-0.3, -0.25) is 4.90 Å². The molecule has 0 aromatic rings. The third-order valence-corrected chi connectivity index (χ3v) is 2.05. The van der Waals surface area contributed by atoms with Gasteiger partial charge in [0.1, 0.15) is 0 Å². The second-order valence-corrected chi connectivity index (χ2v) is 3.83. The number of hydrogen-bond donors (Lipinski definition) is 2. The third-order valence-electron chi connectivity index (χ3n) is 2.05. The van der Waals surface area contributed by atoms with Gasteiger partial charge in [0, 0.05) is 19.6 Å². The molecule has 0 saturated carbocycles. The average Bonchev–Trinajstić information content (AvgIpc) is 2.08. The topological polar surface area (TPSA) is 43.7 Å². The number of β-amino-alcohol motifs (C(OH)–C–C–N with tert-alkyl or cyclic N) is 2. The molecule has 0 aromatic carbocycles. The fraction of sp³-hybridized carbons (Fsp3) is 1.00. The van der Waals surface area contributed by atoms with Crippen molar-refractivity contribution in [2.75, 3.05) is 19.6 Å². The van der Waals surface area contributed by atoms with E-state index in [1.165, 1.54) is 0 Å². The molecule has 11 heavy (non-hydrogen) atoms. The van der Waals surface area contributed by atoms with E-state index in [-0.39, 0.29) is 6.10 Å². The van der Waals surface area contributed by atoms with Crippen molar-refractivity contribution in [3.05, 3.63) is 0 Å². The first-order valence-corrected chi connectivity index (χ1v) is 4.12. The van der Waals surface area contributed by atoms with Gasteiger partial charge in [-0.05, 0) is 20.3 Å². The second-order valence-electron chi connectivity index (χ2n) is 3.83. The van der Waals surface area contributed by atoms with Crippen molar-refractivity contribution < 1.29 is 10.2 Å². The Kier molecular flexibility index (Phi) is 2.52. The summed E-state index contributed by atoms with van der Waals surface area (Å²) in [6.45, 7) is 5.88. The molecule has 1 heterocycles. The lowest BCUT2D eigenvalue weighted by Crippen LogP contribution is -2.33. The second kappa shape index (κ2) is 3.09. The molecule has 66 valence electrons. The number of likely N-dealkylation sites (tertiary alicyclic amines) is 1. The van der Waals surface area contributed by atoms with Gasteiger partial charge in [0.2, 0.25) is 0 Å². The zero-order valence-electron chi connectivity index (χ0n) is 7.25. The first-order chi connectivity index (χ1) is 4.99. The highest BCUT2D eigenvalue weighted by atomic mass is 16.3. The zero-order valence-corrected chi connectivity index (χ0v) is 7.25. The van der Waals surface area contributed by atoms with Crippen LogP contribution in [0.4, 0.5) is 0 Å². The summed E-state index contributed by atoms with van der Waals surface area (Å²) >= 11 is 0.